The summed E-state index contributed by atoms with van der Waals surface area (Å²) in [6.07, 6.45) is -3.33. The summed E-state index contributed by atoms with van der Waals surface area (Å²) in [7, 11) is 1.25. The highest BCUT2D eigenvalue weighted by molar-refractivity contribution is 5.89. The van der Waals surface area contributed by atoms with Crippen LogP contribution in [0.3, 0.4) is 0 Å². The Kier molecular flexibility index (Phi) is 9.03. The quantitative estimate of drug-likeness (QED) is 0.219. The zero-order chi connectivity index (χ0) is 27.4. The first-order chi connectivity index (χ1) is 18.2. The molecule has 1 saturated carbocycles. The van der Waals surface area contributed by atoms with Crippen molar-refractivity contribution in [1.82, 2.24) is 0 Å². The van der Waals surface area contributed by atoms with E-state index in [1.165, 1.54) is 31.6 Å². The molecule has 0 radical (unpaired) electrons. The lowest BCUT2D eigenvalue weighted by Gasteiger charge is -2.43. The molecule has 38 heavy (non-hydrogen) atoms. The summed E-state index contributed by atoms with van der Waals surface area (Å²) < 4.78 is 27.4. The molecule has 0 unspecified atom stereocenters. The van der Waals surface area contributed by atoms with Crippen LogP contribution in [-0.4, -0.2) is 94.8 Å². The van der Waals surface area contributed by atoms with E-state index in [0.717, 1.165) is 0 Å². The summed E-state index contributed by atoms with van der Waals surface area (Å²) in [6, 6.07) is 6.27. The molecule has 0 bridgehead atoms. The van der Waals surface area contributed by atoms with Crippen molar-refractivity contribution in [3.05, 3.63) is 47.7 Å². The molecule has 1 aromatic rings. The number of fused-ring (bicyclic) bond motifs is 1. The summed E-state index contributed by atoms with van der Waals surface area (Å²) in [4.78, 5) is 24.7. The van der Waals surface area contributed by atoms with Gasteiger partial charge in [-0.05, 0) is 36.6 Å². The second kappa shape index (κ2) is 12.2. The van der Waals surface area contributed by atoms with Crippen molar-refractivity contribution in [3.63, 3.8) is 0 Å². The molecule has 2 fully saturated rings. The Labute approximate surface area is 218 Å². The van der Waals surface area contributed by atoms with Crippen molar-refractivity contribution in [2.24, 2.45) is 17.8 Å². The van der Waals surface area contributed by atoms with Gasteiger partial charge in [-0.1, -0.05) is 12.1 Å². The van der Waals surface area contributed by atoms with Crippen molar-refractivity contribution in [2.75, 3.05) is 20.3 Å². The number of rotatable bonds is 8. The van der Waals surface area contributed by atoms with Gasteiger partial charge in [0, 0.05) is 23.8 Å². The third-order valence-electron chi connectivity index (χ3n) is 7.18. The SMILES string of the molecule is COC(=O)C1=CO[C@@H](O[C@H]2O[C@@H](CO)[C@H](O)[C@@H](O)[C@@H]2O)[C@@H]2[C@@H](COC(=O)/C=C/c3ccc(O)cc3)CC[C@H]12. The van der Waals surface area contributed by atoms with Crippen LogP contribution >= 0.6 is 0 Å². The van der Waals surface area contributed by atoms with E-state index in [1.54, 1.807) is 18.2 Å². The van der Waals surface area contributed by atoms with Crippen molar-refractivity contribution < 1.29 is 58.8 Å². The average Bonchev–Trinajstić information content (AvgIpc) is 3.36. The topological polar surface area (TPSA) is 181 Å². The molecule has 3 aliphatic rings. The van der Waals surface area contributed by atoms with Crippen molar-refractivity contribution in [3.8, 4) is 5.75 Å². The number of aliphatic hydroxyl groups is 4. The predicted octanol–water partition coefficient (Wildman–Crippen LogP) is -0.179. The summed E-state index contributed by atoms with van der Waals surface area (Å²) in [5.74, 6) is -2.21. The minimum absolute atomic E-state index is 0.00767. The number of hydrogen-bond acceptors (Lipinski definition) is 12. The number of benzene rings is 1. The van der Waals surface area contributed by atoms with Crippen molar-refractivity contribution in [2.45, 2.75) is 49.8 Å². The van der Waals surface area contributed by atoms with Crippen LogP contribution in [0.2, 0.25) is 0 Å². The second-order valence-electron chi connectivity index (χ2n) is 9.48. The van der Waals surface area contributed by atoms with Gasteiger partial charge in [0.05, 0.1) is 32.2 Å². The Morgan fingerprint density at radius 2 is 1.79 bits per heavy atom. The third-order valence-corrected chi connectivity index (χ3v) is 7.18. The molecule has 5 N–H and O–H groups in total. The maximum Gasteiger partial charge on any atom is 0.337 e. The predicted molar refractivity (Wildman–Crippen MR) is 128 cm³/mol. The van der Waals surface area contributed by atoms with Crippen molar-refractivity contribution >= 4 is 18.0 Å². The Morgan fingerprint density at radius 1 is 1.05 bits per heavy atom. The molecule has 0 amide bonds. The molecule has 208 valence electrons. The van der Waals surface area contributed by atoms with Crippen molar-refractivity contribution in [1.29, 1.82) is 0 Å². The lowest BCUT2D eigenvalue weighted by Crippen LogP contribution is -2.60. The van der Waals surface area contributed by atoms with Gasteiger partial charge in [0.15, 0.2) is 6.29 Å². The summed E-state index contributed by atoms with van der Waals surface area (Å²) in [6.45, 7) is -0.628. The summed E-state index contributed by atoms with van der Waals surface area (Å²) in [5, 5.41) is 49.4. The maximum atomic E-state index is 12.4. The number of phenols is 1. The van der Waals surface area contributed by atoms with E-state index < -0.39 is 61.5 Å². The second-order valence-corrected chi connectivity index (χ2v) is 9.48. The van der Waals surface area contributed by atoms with Gasteiger partial charge in [0.2, 0.25) is 6.29 Å². The normalized spacial score (nSPS) is 34.8. The van der Waals surface area contributed by atoms with Gasteiger partial charge in [0.25, 0.3) is 0 Å². The first-order valence-electron chi connectivity index (χ1n) is 12.3. The lowest BCUT2D eigenvalue weighted by molar-refractivity contribution is -0.342. The zero-order valence-corrected chi connectivity index (χ0v) is 20.7. The fraction of sp³-hybridized carbons (Fsp3) is 0.538. The number of carbonyl (C=O) groups is 2. The van der Waals surface area contributed by atoms with Gasteiger partial charge in [-0.2, -0.15) is 0 Å². The average molecular weight is 537 g/mol. The van der Waals surface area contributed by atoms with E-state index >= 15 is 0 Å². The van der Waals surface area contributed by atoms with Gasteiger partial charge in [0.1, 0.15) is 30.2 Å². The molecule has 2 aliphatic heterocycles. The molecular formula is C26H32O12. The van der Waals surface area contributed by atoms with Gasteiger partial charge in [-0.15, -0.1) is 0 Å². The smallest absolute Gasteiger partial charge is 0.337 e. The van der Waals surface area contributed by atoms with Gasteiger partial charge in [-0.3, -0.25) is 0 Å². The van der Waals surface area contributed by atoms with Crippen LogP contribution in [0, 0.1) is 17.8 Å². The molecule has 12 heteroatoms. The van der Waals surface area contributed by atoms with Gasteiger partial charge in [-0.25, -0.2) is 9.59 Å². The standard InChI is InChI=1S/C26H32O12/c1-34-24(33)17-12-36-25(38-26-23(32)22(31)21(30)18(10-27)37-26)20-14(5-8-16(17)20)11-35-19(29)9-4-13-2-6-15(28)7-3-13/h2-4,6-7,9,12,14,16,18,20-23,25-28,30-32H,5,8,10-11H2,1H3/b9-4+/t14-,16-,18+,20-,21+,22-,23+,25+,26-/m1/s1. The number of hydrogen-bond donors (Lipinski definition) is 5. The number of aliphatic hydroxyl groups excluding tert-OH is 4. The Morgan fingerprint density at radius 3 is 2.47 bits per heavy atom. The molecule has 12 nitrogen and oxygen atoms in total. The van der Waals surface area contributed by atoms with E-state index in [9.17, 15) is 35.1 Å². The highest BCUT2D eigenvalue weighted by Gasteiger charge is 2.52. The molecular weight excluding hydrogens is 504 g/mol. The van der Waals surface area contributed by atoms with Gasteiger partial charge >= 0.3 is 11.9 Å². The molecule has 1 saturated heterocycles. The maximum absolute atomic E-state index is 12.4. The number of phenolic OH excluding ortho intramolecular Hbond substituents is 1. The van der Waals surface area contributed by atoms with E-state index in [4.69, 9.17) is 23.7 Å². The minimum Gasteiger partial charge on any atom is -0.508 e. The Balaban J connectivity index is 1.46. The Bertz CT molecular complexity index is 1040. The van der Waals surface area contributed by atoms with E-state index in [1.807, 2.05) is 0 Å². The molecule has 2 heterocycles. The van der Waals surface area contributed by atoms with E-state index in [2.05, 4.69) is 0 Å². The number of carbonyl (C=O) groups excluding carboxylic acids is 2. The fourth-order valence-corrected chi connectivity index (χ4v) is 5.13. The number of methoxy groups -OCH3 is 1. The molecule has 1 aromatic carbocycles. The largest absolute Gasteiger partial charge is 0.508 e. The first kappa shape index (κ1) is 28.0. The molecule has 9 atom stereocenters. The molecule has 0 aromatic heterocycles. The monoisotopic (exact) mass is 536 g/mol. The van der Waals surface area contributed by atoms with Gasteiger partial charge < -0.3 is 49.2 Å². The number of aromatic hydroxyl groups is 1. The lowest BCUT2D eigenvalue weighted by atomic mass is 9.83. The van der Waals surface area contributed by atoms with Crippen LogP contribution in [0.15, 0.2) is 42.2 Å². The minimum atomic E-state index is -1.64. The number of esters is 2. The third kappa shape index (κ3) is 6.01. The molecule has 4 rings (SSSR count). The number of ether oxygens (including phenoxy) is 5. The van der Waals surface area contributed by atoms with Crippen LogP contribution in [-0.2, 0) is 33.3 Å². The van der Waals surface area contributed by atoms with Crippen LogP contribution in [0.5, 0.6) is 5.75 Å². The fourth-order valence-electron chi connectivity index (χ4n) is 5.13. The van der Waals surface area contributed by atoms with Crippen LogP contribution in [0.1, 0.15) is 18.4 Å². The summed E-state index contributed by atoms with van der Waals surface area (Å²) >= 11 is 0. The molecule has 0 spiro atoms. The highest BCUT2D eigenvalue weighted by atomic mass is 16.8. The first-order valence-corrected chi connectivity index (χ1v) is 12.3. The van der Waals surface area contributed by atoms with Crippen LogP contribution in [0.25, 0.3) is 6.08 Å². The zero-order valence-electron chi connectivity index (χ0n) is 20.7. The molecule has 1 aliphatic carbocycles. The van der Waals surface area contributed by atoms with E-state index in [0.29, 0.717) is 24.0 Å². The highest BCUT2D eigenvalue weighted by Crippen LogP contribution is 2.47. The van der Waals surface area contributed by atoms with Crippen LogP contribution < -0.4 is 0 Å². The van der Waals surface area contributed by atoms with E-state index in [-0.39, 0.29) is 24.2 Å². The summed E-state index contributed by atoms with van der Waals surface area (Å²) in [5.41, 5.74) is 0.995. The Hall–Kier alpha value is -3.00. The van der Waals surface area contributed by atoms with Crippen LogP contribution in [0.4, 0.5) is 0 Å².